The molecule has 2 aliphatic heterocycles. The zero-order chi connectivity index (χ0) is 51.1. The highest BCUT2D eigenvalue weighted by atomic mass is 15.2. The topological polar surface area (TPSA) is 6.48 Å². The summed E-state index contributed by atoms with van der Waals surface area (Å²) in [6, 6.07) is 37.2. The molecule has 0 fully saturated rings. The second kappa shape index (κ2) is 14.3. The summed E-state index contributed by atoms with van der Waals surface area (Å²) in [6.07, 6.45) is 5.54. The molecule has 0 spiro atoms. The molecule has 0 unspecified atom stereocenters. The highest BCUT2D eigenvalue weighted by molar-refractivity contribution is 7.00. The van der Waals surface area contributed by atoms with Gasteiger partial charge in [-0.2, -0.15) is 0 Å². The molecule has 6 aromatic rings. The number of hydrogen-bond donors (Lipinski definition) is 0. The summed E-state index contributed by atoms with van der Waals surface area (Å²) in [7, 11) is 0. The number of nitrogens with zero attached hydrogens (tertiary/aromatic N) is 2. The predicted molar refractivity (Wildman–Crippen MR) is 294 cm³/mol. The van der Waals surface area contributed by atoms with Gasteiger partial charge in [0.15, 0.2) is 0 Å². The van der Waals surface area contributed by atoms with Gasteiger partial charge in [-0.15, -0.1) is 0 Å². The Bertz CT molecular complexity index is 3240. The van der Waals surface area contributed by atoms with Crippen molar-refractivity contribution in [3.8, 4) is 0 Å². The number of benzene rings is 6. The van der Waals surface area contributed by atoms with Crippen molar-refractivity contribution in [1.29, 1.82) is 0 Å². The van der Waals surface area contributed by atoms with Crippen LogP contribution in [0.25, 0.3) is 0 Å². The van der Waals surface area contributed by atoms with Gasteiger partial charge in [0.05, 0.1) is 0 Å². The third-order valence-electron chi connectivity index (χ3n) is 18.6. The maximum atomic E-state index is 9.26. The van der Waals surface area contributed by atoms with Crippen LogP contribution in [-0.2, 0) is 37.9 Å². The molecule has 3 aliphatic carbocycles. The van der Waals surface area contributed by atoms with Crippen LogP contribution in [0.1, 0.15) is 194 Å². The first kappa shape index (κ1) is 41.9. The van der Waals surface area contributed by atoms with Crippen LogP contribution in [0, 0.1) is 20.7 Å². The smallest absolute Gasteiger partial charge is 0.252 e. The van der Waals surface area contributed by atoms with E-state index in [1.807, 2.05) is 6.07 Å². The lowest BCUT2D eigenvalue weighted by Crippen LogP contribution is -2.62. The van der Waals surface area contributed by atoms with Crippen molar-refractivity contribution in [2.45, 2.75) is 188 Å². The van der Waals surface area contributed by atoms with Gasteiger partial charge in [0.25, 0.3) is 6.71 Å². The highest BCUT2D eigenvalue weighted by Gasteiger charge is 2.50. The molecule has 0 saturated carbocycles. The largest absolute Gasteiger partial charge is 0.311 e. The Hall–Kier alpha value is -5.02. The molecule has 3 heteroatoms. The van der Waals surface area contributed by atoms with Crippen molar-refractivity contribution in [2.75, 3.05) is 9.80 Å². The standard InChI is InChI=1S/C65H77BN2/c1-39-31-55-58-56(32-39)68(53-36-47-45(33-40(53)2)60(6,7)27-28-61(47,8)9)52-25-23-43(65(16,17)42-21-19-18-20-22-42)34-49(52)66(58)50-35-46-48(64(14,15)38-63(46,12)13)37-54(50)67(55)51-26-24-44-57(41(51)3)62(10,11)30-29-59(44,4)5/h18-26,31-37H,27-30,38H2,1-17H3/i1D3. The summed E-state index contributed by atoms with van der Waals surface area (Å²) in [5.74, 6) is 0. The number of hydrogen-bond acceptors (Lipinski definition) is 2. The Morgan fingerprint density at radius 2 is 0.985 bits per heavy atom. The van der Waals surface area contributed by atoms with Crippen molar-refractivity contribution in [2.24, 2.45) is 0 Å². The third kappa shape index (κ3) is 6.41. The average molecular weight is 900 g/mol. The Kier molecular flexibility index (Phi) is 8.81. The summed E-state index contributed by atoms with van der Waals surface area (Å²) in [4.78, 5) is 5.02. The van der Waals surface area contributed by atoms with E-state index in [-0.39, 0.29) is 44.6 Å². The van der Waals surface area contributed by atoms with E-state index in [1.165, 1.54) is 72.0 Å². The lowest BCUT2D eigenvalue weighted by atomic mass is 9.33. The van der Waals surface area contributed by atoms with Crippen molar-refractivity contribution in [3.63, 3.8) is 0 Å². The Balaban J connectivity index is 1.30. The van der Waals surface area contributed by atoms with Crippen LogP contribution >= 0.6 is 0 Å². The van der Waals surface area contributed by atoms with E-state index in [0.717, 1.165) is 66.2 Å². The number of anilines is 6. The first-order valence-electron chi connectivity index (χ1n) is 27.4. The Morgan fingerprint density at radius 3 is 1.62 bits per heavy atom. The van der Waals surface area contributed by atoms with E-state index >= 15 is 0 Å². The first-order chi connectivity index (χ1) is 32.9. The van der Waals surface area contributed by atoms with Crippen LogP contribution in [0.3, 0.4) is 0 Å². The summed E-state index contributed by atoms with van der Waals surface area (Å²) in [6.45, 7) is 35.9. The molecule has 2 heterocycles. The van der Waals surface area contributed by atoms with Gasteiger partial charge in [0.2, 0.25) is 0 Å². The lowest BCUT2D eigenvalue weighted by molar-refractivity contribution is 0.330. The minimum absolute atomic E-state index is 0.0268. The monoisotopic (exact) mass is 900 g/mol. The van der Waals surface area contributed by atoms with E-state index in [4.69, 9.17) is 0 Å². The second-order valence-electron chi connectivity index (χ2n) is 26.5. The molecule has 0 saturated heterocycles. The molecule has 0 aromatic heterocycles. The van der Waals surface area contributed by atoms with Crippen LogP contribution in [0.5, 0.6) is 0 Å². The van der Waals surface area contributed by atoms with E-state index in [9.17, 15) is 4.11 Å². The van der Waals surface area contributed by atoms with Gasteiger partial charge in [0.1, 0.15) is 0 Å². The average Bonchev–Trinajstić information content (AvgIpc) is 3.47. The molecule has 350 valence electrons. The SMILES string of the molecule is [2H]C([2H])([2H])c1cc2c3c(c1)N(c1ccc4c(c1C)C(C)(C)CCC4(C)C)c1cc4c(cc1B3c1cc(C(C)(C)c3ccccc3)ccc1N2c1cc2c(cc1C)C(C)(C)CCC2(C)C)C(C)(C)CC4(C)C. The predicted octanol–water partition coefficient (Wildman–Crippen LogP) is 15.7. The molecular formula is C65H77BN2. The Labute approximate surface area is 415 Å². The van der Waals surface area contributed by atoms with Crippen LogP contribution in [0.15, 0.2) is 97.1 Å². The van der Waals surface area contributed by atoms with Crippen LogP contribution in [0.2, 0.25) is 0 Å². The number of rotatable bonds is 4. The maximum absolute atomic E-state index is 9.26. The summed E-state index contributed by atoms with van der Waals surface area (Å²) < 4.78 is 27.8. The maximum Gasteiger partial charge on any atom is 0.252 e. The molecule has 2 nitrogen and oxygen atoms in total. The van der Waals surface area contributed by atoms with Gasteiger partial charge in [-0.05, 0) is 199 Å². The molecular weight excluding hydrogens is 820 g/mol. The van der Waals surface area contributed by atoms with Crippen molar-refractivity contribution < 1.29 is 4.11 Å². The molecule has 6 aromatic carbocycles. The van der Waals surface area contributed by atoms with E-state index in [0.29, 0.717) is 5.56 Å². The van der Waals surface area contributed by atoms with E-state index in [2.05, 4.69) is 212 Å². The fourth-order valence-electron chi connectivity index (χ4n) is 14.6. The second-order valence-corrected chi connectivity index (χ2v) is 26.5. The zero-order valence-electron chi connectivity index (χ0n) is 47.2. The van der Waals surface area contributed by atoms with E-state index < -0.39 is 6.85 Å². The van der Waals surface area contributed by atoms with E-state index in [1.54, 1.807) is 0 Å². The van der Waals surface area contributed by atoms with Crippen molar-refractivity contribution >= 4 is 57.2 Å². The van der Waals surface area contributed by atoms with Gasteiger partial charge in [-0.3, -0.25) is 0 Å². The Morgan fingerprint density at radius 1 is 0.471 bits per heavy atom. The number of fused-ring (bicyclic) bond motifs is 7. The van der Waals surface area contributed by atoms with Crippen LogP contribution in [0.4, 0.5) is 34.1 Å². The first-order valence-corrected chi connectivity index (χ1v) is 25.9. The molecule has 0 atom stereocenters. The molecule has 0 radical (unpaired) electrons. The van der Waals surface area contributed by atoms with Gasteiger partial charge in [-0.1, -0.05) is 158 Å². The van der Waals surface area contributed by atoms with Gasteiger partial charge < -0.3 is 9.80 Å². The normalized spacial score (nSPS) is 21.3. The molecule has 11 rings (SSSR count). The minimum atomic E-state index is -2.36. The molecule has 0 bridgehead atoms. The van der Waals surface area contributed by atoms with Gasteiger partial charge in [0, 0.05) is 43.7 Å². The summed E-state index contributed by atoms with van der Waals surface area (Å²) in [5, 5.41) is 0. The third-order valence-corrected chi connectivity index (χ3v) is 18.6. The van der Waals surface area contributed by atoms with Crippen molar-refractivity contribution in [1.82, 2.24) is 0 Å². The lowest BCUT2D eigenvalue weighted by Gasteiger charge is -2.48. The van der Waals surface area contributed by atoms with Gasteiger partial charge in [-0.25, -0.2) is 0 Å². The van der Waals surface area contributed by atoms with Crippen LogP contribution < -0.4 is 26.2 Å². The van der Waals surface area contributed by atoms with Gasteiger partial charge >= 0.3 is 0 Å². The molecule has 5 aliphatic rings. The minimum Gasteiger partial charge on any atom is -0.311 e. The molecule has 0 amide bonds. The molecule has 68 heavy (non-hydrogen) atoms. The van der Waals surface area contributed by atoms with Crippen molar-refractivity contribution in [3.05, 3.63) is 158 Å². The quantitative estimate of drug-likeness (QED) is 0.162. The highest BCUT2D eigenvalue weighted by Crippen LogP contribution is 2.56. The fraction of sp³-hybridized carbons (Fsp3) is 0.446. The zero-order valence-corrected chi connectivity index (χ0v) is 44.2. The summed E-state index contributed by atoms with van der Waals surface area (Å²) in [5.41, 5.74) is 23.8. The fourth-order valence-corrected chi connectivity index (χ4v) is 14.6. The molecule has 0 N–H and O–H groups in total. The number of aryl methyl sites for hydroxylation is 2. The summed E-state index contributed by atoms with van der Waals surface area (Å²) >= 11 is 0. The van der Waals surface area contributed by atoms with Crippen LogP contribution in [-0.4, -0.2) is 6.71 Å².